The van der Waals surface area contributed by atoms with Crippen LogP contribution in [0.4, 0.5) is 4.39 Å². The molecule has 2 heterocycles. The second-order valence-corrected chi connectivity index (χ2v) is 8.13. The Morgan fingerprint density at radius 2 is 1.85 bits per heavy atom. The van der Waals surface area contributed by atoms with Crippen LogP contribution in [0.5, 0.6) is 0 Å². The Bertz CT molecular complexity index is 735. The van der Waals surface area contributed by atoms with Crippen molar-refractivity contribution in [3.05, 3.63) is 71.0 Å². The molecule has 0 amide bonds. The summed E-state index contributed by atoms with van der Waals surface area (Å²) in [5, 5.41) is 3.59. The lowest BCUT2D eigenvalue weighted by molar-refractivity contribution is 0.0503. The van der Waals surface area contributed by atoms with Gasteiger partial charge in [0.05, 0.1) is 0 Å². The molecule has 0 radical (unpaired) electrons. The number of nitrogens with zero attached hydrogens (tertiary/aromatic N) is 1. The van der Waals surface area contributed by atoms with Crippen LogP contribution in [-0.2, 0) is 6.54 Å². The summed E-state index contributed by atoms with van der Waals surface area (Å²) in [5.41, 5.74) is 4.21. The number of hydrogen-bond donors (Lipinski definition) is 1. The zero-order valence-electron chi connectivity index (χ0n) is 15.7. The smallest absolute Gasteiger partial charge is 0.123 e. The Hall–Kier alpha value is -1.71. The highest BCUT2D eigenvalue weighted by Gasteiger charge is 2.43. The molecule has 3 heteroatoms. The fraction of sp³-hybridized carbons (Fsp3) is 0.478. The zero-order chi connectivity index (χ0) is 18.0. The Morgan fingerprint density at radius 3 is 2.58 bits per heavy atom. The molecule has 138 valence electrons. The molecule has 0 bridgehead atoms. The molecule has 1 spiro atoms. The molecule has 2 aromatic carbocycles. The summed E-state index contributed by atoms with van der Waals surface area (Å²) >= 11 is 0. The monoisotopic (exact) mass is 352 g/mol. The number of nitrogens with one attached hydrogen (secondary N) is 1. The second kappa shape index (κ2) is 7.50. The van der Waals surface area contributed by atoms with E-state index in [-0.39, 0.29) is 5.82 Å². The third-order valence-corrected chi connectivity index (χ3v) is 6.60. The van der Waals surface area contributed by atoms with Crippen molar-refractivity contribution in [3.8, 4) is 0 Å². The molecular weight excluding hydrogens is 323 g/mol. The molecule has 2 fully saturated rings. The van der Waals surface area contributed by atoms with Crippen LogP contribution in [0.15, 0.2) is 48.5 Å². The fourth-order valence-electron chi connectivity index (χ4n) is 5.04. The predicted molar refractivity (Wildman–Crippen MR) is 105 cm³/mol. The first-order valence-corrected chi connectivity index (χ1v) is 9.89. The number of benzene rings is 2. The van der Waals surface area contributed by atoms with Crippen LogP contribution in [-0.4, -0.2) is 31.1 Å². The highest BCUT2D eigenvalue weighted by molar-refractivity contribution is 5.33. The van der Waals surface area contributed by atoms with Crippen LogP contribution in [0.1, 0.15) is 41.9 Å². The van der Waals surface area contributed by atoms with Crippen LogP contribution in [0.2, 0.25) is 0 Å². The van der Waals surface area contributed by atoms with Gasteiger partial charge in [-0.3, -0.25) is 4.90 Å². The van der Waals surface area contributed by atoms with Crippen molar-refractivity contribution in [2.75, 3.05) is 26.2 Å². The first kappa shape index (κ1) is 17.7. The number of aryl methyl sites for hydroxylation is 1. The van der Waals surface area contributed by atoms with E-state index in [0.29, 0.717) is 11.3 Å². The number of likely N-dealkylation sites (tertiary alicyclic amines) is 1. The molecule has 2 saturated heterocycles. The largest absolute Gasteiger partial charge is 0.316 e. The van der Waals surface area contributed by atoms with Crippen molar-refractivity contribution in [2.45, 2.75) is 38.6 Å². The van der Waals surface area contributed by atoms with Crippen LogP contribution in [0.25, 0.3) is 0 Å². The Labute approximate surface area is 156 Å². The molecule has 0 aromatic heterocycles. The van der Waals surface area contributed by atoms with E-state index in [9.17, 15) is 4.39 Å². The minimum atomic E-state index is -0.123. The van der Waals surface area contributed by atoms with Gasteiger partial charge < -0.3 is 5.32 Å². The van der Waals surface area contributed by atoms with Gasteiger partial charge in [-0.05, 0) is 80.1 Å². The normalized spacial score (nSPS) is 23.2. The number of halogens is 1. The van der Waals surface area contributed by atoms with Crippen molar-refractivity contribution in [3.63, 3.8) is 0 Å². The summed E-state index contributed by atoms with van der Waals surface area (Å²) in [6, 6.07) is 16.1. The molecule has 0 saturated carbocycles. The van der Waals surface area contributed by atoms with Crippen LogP contribution in [0.3, 0.4) is 0 Å². The highest BCUT2D eigenvalue weighted by atomic mass is 19.1. The second-order valence-electron chi connectivity index (χ2n) is 8.13. The number of piperidine rings is 2. The van der Waals surface area contributed by atoms with Crippen molar-refractivity contribution in [1.29, 1.82) is 0 Å². The van der Waals surface area contributed by atoms with Gasteiger partial charge in [0.15, 0.2) is 0 Å². The van der Waals surface area contributed by atoms with E-state index in [4.69, 9.17) is 0 Å². The third-order valence-electron chi connectivity index (χ3n) is 6.60. The molecule has 1 unspecified atom stereocenters. The quantitative estimate of drug-likeness (QED) is 0.875. The molecule has 26 heavy (non-hydrogen) atoms. The van der Waals surface area contributed by atoms with E-state index < -0.39 is 0 Å². The average molecular weight is 352 g/mol. The minimum absolute atomic E-state index is 0.123. The molecule has 2 aliphatic heterocycles. The summed E-state index contributed by atoms with van der Waals surface area (Å²) in [4.78, 5) is 2.59. The van der Waals surface area contributed by atoms with Crippen LogP contribution < -0.4 is 5.32 Å². The van der Waals surface area contributed by atoms with Gasteiger partial charge in [-0.2, -0.15) is 0 Å². The minimum Gasteiger partial charge on any atom is -0.316 e. The zero-order valence-corrected chi connectivity index (χ0v) is 15.7. The van der Waals surface area contributed by atoms with Gasteiger partial charge in [0.1, 0.15) is 5.82 Å². The van der Waals surface area contributed by atoms with Gasteiger partial charge in [0.2, 0.25) is 0 Å². The van der Waals surface area contributed by atoms with E-state index >= 15 is 0 Å². The predicted octanol–water partition coefficient (Wildman–Crippen LogP) is 4.49. The van der Waals surface area contributed by atoms with Crippen molar-refractivity contribution in [1.82, 2.24) is 10.2 Å². The number of hydrogen-bond acceptors (Lipinski definition) is 2. The summed E-state index contributed by atoms with van der Waals surface area (Å²) in [7, 11) is 0. The van der Waals surface area contributed by atoms with Crippen molar-refractivity contribution < 1.29 is 4.39 Å². The van der Waals surface area contributed by atoms with E-state index in [2.05, 4.69) is 47.5 Å². The van der Waals surface area contributed by atoms with Gasteiger partial charge in [-0.1, -0.05) is 36.4 Å². The molecule has 4 rings (SSSR count). The van der Waals surface area contributed by atoms with Gasteiger partial charge in [0, 0.05) is 19.0 Å². The maximum absolute atomic E-state index is 13.6. The van der Waals surface area contributed by atoms with Crippen molar-refractivity contribution in [2.24, 2.45) is 5.41 Å². The highest BCUT2D eigenvalue weighted by Crippen LogP contribution is 2.49. The molecule has 1 atom stereocenters. The Balaban J connectivity index is 1.50. The fourth-order valence-corrected chi connectivity index (χ4v) is 5.04. The first-order chi connectivity index (χ1) is 12.7. The lowest BCUT2D eigenvalue weighted by atomic mass is 9.62. The van der Waals surface area contributed by atoms with E-state index in [0.717, 1.165) is 38.3 Å². The molecule has 1 N–H and O–H groups in total. The van der Waals surface area contributed by atoms with E-state index in [1.807, 2.05) is 6.07 Å². The lowest BCUT2D eigenvalue weighted by Crippen LogP contribution is -2.50. The van der Waals surface area contributed by atoms with Gasteiger partial charge in [0.25, 0.3) is 0 Å². The van der Waals surface area contributed by atoms with Crippen LogP contribution >= 0.6 is 0 Å². The topological polar surface area (TPSA) is 15.3 Å². The summed E-state index contributed by atoms with van der Waals surface area (Å²) in [6.07, 6.45) is 3.71. The SMILES string of the molecule is Cc1cc(F)ccc1C1CNCCC12CCN(Cc1ccccc1)CC2. The van der Waals surface area contributed by atoms with Gasteiger partial charge >= 0.3 is 0 Å². The Morgan fingerprint density at radius 1 is 1.08 bits per heavy atom. The van der Waals surface area contributed by atoms with E-state index in [1.54, 1.807) is 12.1 Å². The maximum atomic E-state index is 13.6. The summed E-state index contributed by atoms with van der Waals surface area (Å²) in [6.45, 7) is 7.55. The Kier molecular flexibility index (Phi) is 5.10. The molecule has 2 aromatic rings. The average Bonchev–Trinajstić information content (AvgIpc) is 2.66. The molecular formula is C23H29FN2. The lowest BCUT2D eigenvalue weighted by Gasteiger charge is -2.50. The molecule has 2 nitrogen and oxygen atoms in total. The molecule has 0 aliphatic carbocycles. The number of rotatable bonds is 3. The van der Waals surface area contributed by atoms with E-state index in [1.165, 1.54) is 30.4 Å². The van der Waals surface area contributed by atoms with Crippen LogP contribution in [0, 0.1) is 18.2 Å². The summed E-state index contributed by atoms with van der Waals surface area (Å²) in [5.74, 6) is 0.373. The van der Waals surface area contributed by atoms with Gasteiger partial charge in [-0.15, -0.1) is 0 Å². The maximum Gasteiger partial charge on any atom is 0.123 e. The standard InChI is InChI=1S/C23H29FN2/c1-18-15-20(24)7-8-21(18)22-16-25-12-9-23(22)10-13-26(14-11-23)17-19-5-3-2-4-6-19/h2-8,15,22,25H,9-14,16-17H2,1H3. The summed E-state index contributed by atoms with van der Waals surface area (Å²) < 4.78 is 13.6. The first-order valence-electron chi connectivity index (χ1n) is 9.89. The third kappa shape index (κ3) is 3.56. The van der Waals surface area contributed by atoms with Crippen molar-refractivity contribution >= 4 is 0 Å². The molecule has 2 aliphatic rings. The van der Waals surface area contributed by atoms with Gasteiger partial charge in [-0.25, -0.2) is 4.39 Å².